The molecule has 0 atom stereocenters. The van der Waals surface area contributed by atoms with E-state index in [1.54, 1.807) is 12.3 Å². The van der Waals surface area contributed by atoms with Crippen molar-refractivity contribution in [2.75, 3.05) is 56.2 Å². The third-order valence-corrected chi connectivity index (χ3v) is 8.12. The minimum Gasteiger partial charge on any atom is -0.400 e. The predicted molar refractivity (Wildman–Crippen MR) is 144 cm³/mol. The molecule has 5 heterocycles. The smallest absolute Gasteiger partial charge is 0.148 e. The first kappa shape index (κ1) is 22.5. The number of nitrogens with zero attached hydrogens (tertiary/aromatic N) is 4. The van der Waals surface area contributed by atoms with E-state index in [9.17, 15) is 4.39 Å². The minimum absolute atomic E-state index is 0.325. The van der Waals surface area contributed by atoms with Crippen LogP contribution in [-0.2, 0) is 4.74 Å². The summed E-state index contributed by atoms with van der Waals surface area (Å²) in [5.41, 5.74) is 13.6. The quantitative estimate of drug-likeness (QED) is 0.396. The van der Waals surface area contributed by atoms with Gasteiger partial charge in [0.1, 0.15) is 11.3 Å². The molecule has 0 spiro atoms. The maximum Gasteiger partial charge on any atom is 0.148 e. The van der Waals surface area contributed by atoms with Crippen LogP contribution in [0.5, 0.6) is 0 Å². The molecule has 7 rings (SSSR count). The minimum atomic E-state index is -0.325. The summed E-state index contributed by atoms with van der Waals surface area (Å²) < 4.78 is 20.0. The molecule has 3 aliphatic heterocycles. The summed E-state index contributed by atoms with van der Waals surface area (Å²) in [6.07, 6.45) is 5.75. The molecule has 8 nitrogen and oxygen atoms in total. The topological polar surface area (TPSA) is 95.3 Å². The SMILES string of the molecule is NC1=C(c2ccc(F)c3[nH]ncc23)c2cc(N3CCC(N4CCOCC4)CC3)c3cccnc3c2NC1. The van der Waals surface area contributed by atoms with Crippen LogP contribution in [0.15, 0.2) is 48.4 Å². The molecule has 0 amide bonds. The monoisotopic (exact) mass is 499 g/mol. The summed E-state index contributed by atoms with van der Waals surface area (Å²) in [6, 6.07) is 10.3. The van der Waals surface area contributed by atoms with E-state index >= 15 is 0 Å². The van der Waals surface area contributed by atoms with E-state index in [2.05, 4.69) is 37.4 Å². The van der Waals surface area contributed by atoms with E-state index < -0.39 is 0 Å². The first-order valence-electron chi connectivity index (χ1n) is 13.0. The van der Waals surface area contributed by atoms with Crippen molar-refractivity contribution in [2.45, 2.75) is 18.9 Å². The number of hydrogen-bond donors (Lipinski definition) is 3. The maximum absolute atomic E-state index is 14.5. The lowest BCUT2D eigenvalue weighted by molar-refractivity contribution is 0.0115. The average Bonchev–Trinajstić information content (AvgIpc) is 3.45. The second kappa shape index (κ2) is 9.00. The molecule has 0 aliphatic carbocycles. The fraction of sp³-hybridized carbons (Fsp3) is 0.357. The number of aromatic nitrogens is 3. The molecule has 2 fully saturated rings. The van der Waals surface area contributed by atoms with Gasteiger partial charge in [0.15, 0.2) is 0 Å². The van der Waals surface area contributed by atoms with Crippen LogP contribution in [0.3, 0.4) is 0 Å². The van der Waals surface area contributed by atoms with E-state index in [0.29, 0.717) is 23.8 Å². The molecular weight excluding hydrogens is 469 g/mol. The first-order chi connectivity index (χ1) is 18.2. The van der Waals surface area contributed by atoms with Gasteiger partial charge in [0, 0.05) is 71.7 Å². The Bertz CT molecular complexity index is 1520. The highest BCUT2D eigenvalue weighted by Gasteiger charge is 2.29. The number of aromatic amines is 1. The lowest BCUT2D eigenvalue weighted by Crippen LogP contribution is -2.49. The number of hydrogen-bond acceptors (Lipinski definition) is 7. The van der Waals surface area contributed by atoms with Gasteiger partial charge in [-0.3, -0.25) is 15.0 Å². The number of piperidine rings is 1. The number of benzene rings is 2. The molecule has 3 aliphatic rings. The number of morpholine rings is 1. The largest absolute Gasteiger partial charge is 0.400 e. The second-order valence-electron chi connectivity index (χ2n) is 10.1. The number of fused-ring (bicyclic) bond motifs is 4. The Morgan fingerprint density at radius 3 is 2.70 bits per heavy atom. The van der Waals surface area contributed by atoms with E-state index in [1.165, 1.54) is 11.8 Å². The molecule has 0 unspecified atom stereocenters. The molecule has 190 valence electrons. The molecule has 2 saturated heterocycles. The lowest BCUT2D eigenvalue weighted by atomic mass is 9.88. The normalized spacial score (nSPS) is 19.4. The number of H-pyrrole nitrogens is 1. The predicted octanol–water partition coefficient (Wildman–Crippen LogP) is 3.69. The molecule has 4 N–H and O–H groups in total. The number of anilines is 2. The van der Waals surface area contributed by atoms with Gasteiger partial charge in [-0.2, -0.15) is 5.10 Å². The number of nitrogens with one attached hydrogen (secondary N) is 2. The van der Waals surface area contributed by atoms with Gasteiger partial charge in [-0.05, 0) is 42.7 Å². The Balaban J connectivity index is 1.32. The molecule has 0 saturated carbocycles. The fourth-order valence-corrected chi connectivity index (χ4v) is 6.26. The van der Waals surface area contributed by atoms with Gasteiger partial charge in [0.2, 0.25) is 0 Å². The zero-order valence-electron chi connectivity index (χ0n) is 20.6. The summed E-state index contributed by atoms with van der Waals surface area (Å²) in [5, 5.41) is 12.3. The van der Waals surface area contributed by atoms with E-state index in [-0.39, 0.29) is 5.82 Å². The third kappa shape index (κ3) is 3.72. The summed E-state index contributed by atoms with van der Waals surface area (Å²) in [4.78, 5) is 9.88. The molecule has 2 aromatic heterocycles. The average molecular weight is 500 g/mol. The van der Waals surface area contributed by atoms with Crippen molar-refractivity contribution in [2.24, 2.45) is 5.73 Å². The molecule has 9 heteroatoms. The Labute approximate surface area is 214 Å². The van der Waals surface area contributed by atoms with Crippen LogP contribution < -0.4 is 16.0 Å². The van der Waals surface area contributed by atoms with Crippen LogP contribution in [0, 0.1) is 5.82 Å². The van der Waals surface area contributed by atoms with Crippen LogP contribution in [0.4, 0.5) is 15.8 Å². The molecule has 2 aromatic carbocycles. The van der Waals surface area contributed by atoms with Crippen molar-refractivity contribution in [3.05, 3.63) is 65.4 Å². The molecule has 0 bridgehead atoms. The highest BCUT2D eigenvalue weighted by molar-refractivity contribution is 6.09. The van der Waals surface area contributed by atoms with Gasteiger partial charge in [-0.15, -0.1) is 0 Å². The maximum atomic E-state index is 14.5. The summed E-state index contributed by atoms with van der Waals surface area (Å²) in [6.45, 7) is 6.17. The van der Waals surface area contributed by atoms with Crippen LogP contribution in [-0.4, -0.2) is 72.1 Å². The standard InChI is InChI=1S/C28H30FN7O/c29-22-4-3-18(21-15-33-34-26(21)22)25-20-14-24(19-2-1-7-31-27(19)28(20)32-16-23(25)30)36-8-5-17(6-9-36)35-10-12-37-13-11-35/h1-4,7,14-15,17,32H,5-6,8-13,16,30H2,(H,33,34). The third-order valence-electron chi connectivity index (χ3n) is 8.12. The van der Waals surface area contributed by atoms with Gasteiger partial charge >= 0.3 is 0 Å². The number of rotatable bonds is 3. The van der Waals surface area contributed by atoms with Crippen molar-refractivity contribution in [1.82, 2.24) is 20.1 Å². The number of ether oxygens (including phenoxy) is 1. The van der Waals surface area contributed by atoms with E-state index in [1.807, 2.05) is 12.3 Å². The van der Waals surface area contributed by atoms with Crippen molar-refractivity contribution < 1.29 is 9.13 Å². The van der Waals surface area contributed by atoms with E-state index in [4.69, 9.17) is 15.5 Å². The molecule has 37 heavy (non-hydrogen) atoms. The summed E-state index contributed by atoms with van der Waals surface area (Å²) in [5.74, 6) is -0.325. The zero-order valence-corrected chi connectivity index (χ0v) is 20.6. The van der Waals surface area contributed by atoms with Crippen molar-refractivity contribution >= 4 is 38.8 Å². The lowest BCUT2D eigenvalue weighted by Gasteiger charge is -2.41. The van der Waals surface area contributed by atoms with Crippen LogP contribution >= 0.6 is 0 Å². The van der Waals surface area contributed by atoms with Crippen molar-refractivity contribution in [1.29, 1.82) is 0 Å². The highest BCUT2D eigenvalue weighted by Crippen LogP contribution is 2.44. The Kier molecular flexibility index (Phi) is 5.48. The van der Waals surface area contributed by atoms with Gasteiger partial charge in [0.05, 0.1) is 37.2 Å². The first-order valence-corrected chi connectivity index (χ1v) is 13.0. The van der Waals surface area contributed by atoms with Crippen LogP contribution in [0.2, 0.25) is 0 Å². The highest BCUT2D eigenvalue weighted by atomic mass is 19.1. The van der Waals surface area contributed by atoms with Crippen molar-refractivity contribution in [3.8, 4) is 0 Å². The van der Waals surface area contributed by atoms with Gasteiger partial charge in [0.25, 0.3) is 0 Å². The zero-order chi connectivity index (χ0) is 24.9. The number of pyridine rings is 1. The Morgan fingerprint density at radius 1 is 1.03 bits per heavy atom. The van der Waals surface area contributed by atoms with E-state index in [0.717, 1.165) is 90.9 Å². The molecular formula is C28H30FN7O. The summed E-state index contributed by atoms with van der Waals surface area (Å²) >= 11 is 0. The van der Waals surface area contributed by atoms with Gasteiger partial charge in [-0.1, -0.05) is 6.07 Å². The number of halogens is 1. The number of nitrogens with two attached hydrogens (primary N) is 1. The Hall–Kier alpha value is -3.69. The van der Waals surface area contributed by atoms with Crippen molar-refractivity contribution in [3.63, 3.8) is 0 Å². The summed E-state index contributed by atoms with van der Waals surface area (Å²) in [7, 11) is 0. The fourth-order valence-electron chi connectivity index (χ4n) is 6.26. The molecule has 0 radical (unpaired) electrons. The molecule has 4 aromatic rings. The van der Waals surface area contributed by atoms with Gasteiger partial charge in [-0.25, -0.2) is 4.39 Å². The van der Waals surface area contributed by atoms with Gasteiger partial charge < -0.3 is 20.7 Å². The van der Waals surface area contributed by atoms with Crippen LogP contribution in [0.1, 0.15) is 24.0 Å². The second-order valence-corrected chi connectivity index (χ2v) is 10.1. The Morgan fingerprint density at radius 2 is 1.86 bits per heavy atom. The van der Waals surface area contributed by atoms with Crippen LogP contribution in [0.25, 0.3) is 27.4 Å².